The van der Waals surface area contributed by atoms with Crippen molar-refractivity contribution in [3.05, 3.63) is 17.2 Å². The second-order valence-corrected chi connectivity index (χ2v) is 6.88. The molecule has 0 unspecified atom stereocenters. The molecule has 0 aliphatic carbocycles. The van der Waals surface area contributed by atoms with Crippen LogP contribution in [-0.4, -0.2) is 51.3 Å². The second kappa shape index (κ2) is 9.28. The van der Waals surface area contributed by atoms with E-state index in [9.17, 15) is 9.59 Å². The summed E-state index contributed by atoms with van der Waals surface area (Å²) in [6, 6.07) is 3.22. The number of nitrogens with one attached hydrogen (secondary N) is 1. The minimum absolute atomic E-state index is 0.151. The van der Waals surface area contributed by atoms with Crippen molar-refractivity contribution in [3.8, 4) is 11.5 Å². The van der Waals surface area contributed by atoms with E-state index in [0.717, 1.165) is 0 Å². The van der Waals surface area contributed by atoms with Crippen molar-refractivity contribution in [2.75, 3.05) is 38.9 Å². The molecule has 0 spiro atoms. The number of nitrogens with zero attached hydrogens (tertiary/aromatic N) is 1. The van der Waals surface area contributed by atoms with Gasteiger partial charge in [-0.25, -0.2) is 0 Å². The van der Waals surface area contributed by atoms with Gasteiger partial charge < -0.3 is 19.5 Å². The van der Waals surface area contributed by atoms with E-state index in [1.54, 1.807) is 19.1 Å². The van der Waals surface area contributed by atoms with Gasteiger partial charge in [-0.2, -0.15) is 0 Å². The van der Waals surface area contributed by atoms with E-state index in [1.165, 1.54) is 19.1 Å². The Kier molecular flexibility index (Phi) is 7.33. The maximum Gasteiger partial charge on any atom is 0.246 e. The maximum absolute atomic E-state index is 12.9. The monoisotopic (exact) mass is 398 g/mol. The Bertz CT molecular complexity index is 697. The molecule has 1 saturated heterocycles. The van der Waals surface area contributed by atoms with Crippen LogP contribution in [0, 0.1) is 0 Å². The Balaban J connectivity index is 2.27. The van der Waals surface area contributed by atoms with Crippen LogP contribution in [0.15, 0.2) is 12.1 Å². The lowest BCUT2D eigenvalue weighted by Crippen LogP contribution is -2.55. The average molecular weight is 399 g/mol. The van der Waals surface area contributed by atoms with E-state index >= 15 is 0 Å². The third-order valence-electron chi connectivity index (χ3n) is 4.71. The largest absolute Gasteiger partial charge is 0.495 e. The number of carbonyl (C=O) groups is 2. The average Bonchev–Trinajstić information content (AvgIpc) is 2.96. The lowest BCUT2D eigenvalue weighted by Gasteiger charge is -2.35. The lowest BCUT2D eigenvalue weighted by atomic mass is 9.96. The molecule has 2 amide bonds. The molecule has 0 aromatic heterocycles. The number of methoxy groups -OCH3 is 2. The summed E-state index contributed by atoms with van der Waals surface area (Å²) < 4.78 is 15.9. The highest BCUT2D eigenvalue weighted by molar-refractivity contribution is 6.32. The van der Waals surface area contributed by atoms with Crippen LogP contribution in [0.3, 0.4) is 0 Å². The van der Waals surface area contributed by atoms with Crippen LogP contribution in [0.4, 0.5) is 5.69 Å². The van der Waals surface area contributed by atoms with Gasteiger partial charge in [-0.05, 0) is 32.8 Å². The number of hydrogen-bond donors (Lipinski definition) is 1. The number of amides is 2. The zero-order valence-electron chi connectivity index (χ0n) is 16.3. The number of rotatable bonds is 9. The third-order valence-corrected chi connectivity index (χ3v) is 5.00. The van der Waals surface area contributed by atoms with Gasteiger partial charge in [0.25, 0.3) is 0 Å². The van der Waals surface area contributed by atoms with Gasteiger partial charge in [0, 0.05) is 32.2 Å². The molecule has 0 bridgehead atoms. The van der Waals surface area contributed by atoms with Gasteiger partial charge in [0.05, 0.1) is 24.9 Å². The molecule has 2 rings (SSSR count). The molecule has 1 heterocycles. The number of benzene rings is 1. The van der Waals surface area contributed by atoms with Crippen molar-refractivity contribution in [1.82, 2.24) is 5.32 Å². The Labute approximate surface area is 164 Å². The molecule has 27 heavy (non-hydrogen) atoms. The van der Waals surface area contributed by atoms with E-state index in [2.05, 4.69) is 5.32 Å². The van der Waals surface area contributed by atoms with E-state index < -0.39 is 5.54 Å². The van der Waals surface area contributed by atoms with Gasteiger partial charge in [0.15, 0.2) is 0 Å². The van der Waals surface area contributed by atoms with Gasteiger partial charge >= 0.3 is 0 Å². The van der Waals surface area contributed by atoms with Crippen LogP contribution in [0.1, 0.15) is 33.1 Å². The van der Waals surface area contributed by atoms with Crippen LogP contribution in [0.2, 0.25) is 5.02 Å². The smallest absolute Gasteiger partial charge is 0.246 e. The first-order valence-electron chi connectivity index (χ1n) is 8.99. The summed E-state index contributed by atoms with van der Waals surface area (Å²) >= 11 is 6.26. The highest BCUT2D eigenvalue weighted by Crippen LogP contribution is 2.44. The minimum Gasteiger partial charge on any atom is -0.495 e. The van der Waals surface area contributed by atoms with Crippen molar-refractivity contribution in [2.24, 2.45) is 0 Å². The van der Waals surface area contributed by atoms with Gasteiger partial charge in [-0.3, -0.25) is 14.5 Å². The molecule has 1 aromatic rings. The fraction of sp³-hybridized carbons (Fsp3) is 0.579. The molecule has 0 saturated carbocycles. The molecule has 1 atom stereocenters. The second-order valence-electron chi connectivity index (χ2n) is 6.47. The summed E-state index contributed by atoms with van der Waals surface area (Å²) in [5.74, 6) is 0.494. The van der Waals surface area contributed by atoms with Crippen molar-refractivity contribution in [2.45, 2.75) is 38.6 Å². The summed E-state index contributed by atoms with van der Waals surface area (Å²) in [6.45, 7) is 5.39. The lowest BCUT2D eigenvalue weighted by molar-refractivity contribution is -0.127. The Morgan fingerprint density at radius 2 is 2.00 bits per heavy atom. The number of carbonyl (C=O) groups excluding carboxylic acids is 2. The topological polar surface area (TPSA) is 77.1 Å². The first-order chi connectivity index (χ1) is 12.9. The molecule has 1 N–H and O–H groups in total. The first-order valence-corrected chi connectivity index (χ1v) is 9.37. The predicted octanol–water partition coefficient (Wildman–Crippen LogP) is 2.79. The van der Waals surface area contributed by atoms with Gasteiger partial charge in [-0.15, -0.1) is 0 Å². The SMILES string of the molecule is CCOCCCNC(=O)[C@]1(C)CCC(=O)N1c1cc(Cl)c(OC)cc1OC. The molecular formula is C19H27ClN2O5. The van der Waals surface area contributed by atoms with Gasteiger partial charge in [0.2, 0.25) is 11.8 Å². The zero-order valence-corrected chi connectivity index (χ0v) is 17.0. The number of ether oxygens (including phenoxy) is 3. The van der Waals surface area contributed by atoms with E-state index in [0.29, 0.717) is 54.8 Å². The fourth-order valence-corrected chi connectivity index (χ4v) is 3.43. The first kappa shape index (κ1) is 21.3. The zero-order chi connectivity index (χ0) is 20.0. The summed E-state index contributed by atoms with van der Waals surface area (Å²) in [4.78, 5) is 27.0. The Morgan fingerprint density at radius 1 is 1.30 bits per heavy atom. The minimum atomic E-state index is -1.02. The third kappa shape index (κ3) is 4.47. The fourth-order valence-electron chi connectivity index (χ4n) is 3.19. The molecule has 1 aromatic carbocycles. The van der Waals surface area contributed by atoms with Gasteiger partial charge in [-0.1, -0.05) is 11.6 Å². The Morgan fingerprint density at radius 3 is 2.63 bits per heavy atom. The van der Waals surface area contributed by atoms with Crippen LogP contribution >= 0.6 is 11.6 Å². The van der Waals surface area contributed by atoms with Crippen molar-refractivity contribution in [1.29, 1.82) is 0 Å². The molecule has 150 valence electrons. The van der Waals surface area contributed by atoms with Gasteiger partial charge in [0.1, 0.15) is 17.0 Å². The number of halogens is 1. The molecular weight excluding hydrogens is 372 g/mol. The normalized spacial score (nSPS) is 19.3. The van der Waals surface area contributed by atoms with E-state index in [1.807, 2.05) is 6.92 Å². The summed E-state index contributed by atoms with van der Waals surface area (Å²) in [6.07, 6.45) is 1.40. The number of anilines is 1. The molecule has 7 nitrogen and oxygen atoms in total. The quantitative estimate of drug-likeness (QED) is 0.647. The standard InChI is InChI=1S/C19H27ClN2O5/c1-5-27-10-6-9-21-18(24)19(2)8-7-17(23)22(19)14-11-13(20)15(25-3)12-16(14)26-4/h11-12H,5-10H2,1-4H3,(H,21,24)/t19-/m0/s1. The summed E-state index contributed by atoms with van der Waals surface area (Å²) in [5, 5.41) is 3.25. The Hall–Kier alpha value is -1.99. The molecule has 1 aliphatic rings. The summed E-state index contributed by atoms with van der Waals surface area (Å²) in [7, 11) is 3.00. The molecule has 1 aliphatic heterocycles. The molecule has 8 heteroatoms. The molecule has 0 radical (unpaired) electrons. The highest BCUT2D eigenvalue weighted by Gasteiger charge is 2.49. The van der Waals surface area contributed by atoms with Crippen LogP contribution < -0.4 is 19.7 Å². The van der Waals surface area contributed by atoms with Crippen molar-refractivity contribution >= 4 is 29.1 Å². The maximum atomic E-state index is 12.9. The highest BCUT2D eigenvalue weighted by atomic mass is 35.5. The van der Waals surface area contributed by atoms with Crippen molar-refractivity contribution in [3.63, 3.8) is 0 Å². The van der Waals surface area contributed by atoms with Crippen molar-refractivity contribution < 1.29 is 23.8 Å². The van der Waals surface area contributed by atoms with Crippen LogP contribution in [0.25, 0.3) is 0 Å². The van der Waals surface area contributed by atoms with Crippen LogP contribution in [0.5, 0.6) is 11.5 Å². The predicted molar refractivity (Wildman–Crippen MR) is 104 cm³/mol. The van der Waals surface area contributed by atoms with Crippen LogP contribution in [-0.2, 0) is 14.3 Å². The molecule has 1 fully saturated rings. The number of hydrogen-bond acceptors (Lipinski definition) is 5. The van der Waals surface area contributed by atoms with E-state index in [4.69, 9.17) is 25.8 Å². The summed E-state index contributed by atoms with van der Waals surface area (Å²) in [5.41, 5.74) is -0.564. The van der Waals surface area contributed by atoms with E-state index in [-0.39, 0.29) is 18.2 Å².